The molecule has 0 saturated carbocycles. The minimum absolute atomic E-state index is 0.0511. The van der Waals surface area contributed by atoms with Crippen LogP contribution in [0.3, 0.4) is 0 Å². The average molecular weight is 448 g/mol. The van der Waals surface area contributed by atoms with Crippen LogP contribution in [0.2, 0.25) is 5.02 Å². The minimum Gasteiger partial charge on any atom is -0.478 e. The van der Waals surface area contributed by atoms with Crippen molar-refractivity contribution in [2.45, 2.75) is 32.4 Å². The maximum absolute atomic E-state index is 13.6. The monoisotopic (exact) mass is 447 g/mol. The first-order valence-electron chi connectivity index (χ1n) is 10.3. The smallest absolute Gasteiger partial charge is 0.335 e. The summed E-state index contributed by atoms with van der Waals surface area (Å²) >= 11 is 6.13. The Morgan fingerprint density at radius 2 is 1.78 bits per heavy atom. The molecule has 0 unspecified atom stereocenters. The van der Waals surface area contributed by atoms with Gasteiger partial charge in [-0.3, -0.25) is 9.59 Å². The molecule has 0 saturated heterocycles. The molecule has 162 valence electrons. The molecule has 0 aliphatic carbocycles. The highest BCUT2D eigenvalue weighted by atomic mass is 35.5. The van der Waals surface area contributed by atoms with E-state index in [2.05, 4.69) is 0 Å². The van der Waals surface area contributed by atoms with E-state index in [0.29, 0.717) is 22.6 Å². The zero-order valence-corrected chi connectivity index (χ0v) is 18.3. The Balaban J connectivity index is 1.74. The van der Waals surface area contributed by atoms with E-state index in [-0.39, 0.29) is 30.2 Å². The first kappa shape index (κ1) is 21.8. The van der Waals surface area contributed by atoms with E-state index in [1.807, 2.05) is 31.2 Å². The number of hydrogen-bond donors (Lipinski definition) is 1. The molecule has 4 rings (SSSR count). The number of fused-ring (bicyclic) bond motifs is 1. The van der Waals surface area contributed by atoms with Crippen molar-refractivity contribution in [3.8, 4) is 0 Å². The summed E-state index contributed by atoms with van der Waals surface area (Å²) in [4.78, 5) is 39.8. The molecule has 32 heavy (non-hydrogen) atoms. The number of carboxylic acid groups (broad SMARTS) is 1. The number of halogens is 1. The Morgan fingerprint density at radius 1 is 1.06 bits per heavy atom. The predicted octanol–water partition coefficient (Wildman–Crippen LogP) is 4.73. The maximum Gasteiger partial charge on any atom is 0.335 e. The van der Waals surface area contributed by atoms with Crippen molar-refractivity contribution < 1.29 is 19.5 Å². The molecule has 3 aromatic carbocycles. The van der Waals surface area contributed by atoms with Gasteiger partial charge in [0.25, 0.3) is 5.91 Å². The van der Waals surface area contributed by atoms with Crippen LogP contribution in [-0.2, 0) is 24.2 Å². The number of aromatic carboxylic acids is 1. The van der Waals surface area contributed by atoms with E-state index in [4.69, 9.17) is 16.7 Å². The van der Waals surface area contributed by atoms with Crippen molar-refractivity contribution in [1.29, 1.82) is 0 Å². The third-order valence-corrected chi connectivity index (χ3v) is 6.13. The lowest BCUT2D eigenvalue weighted by Gasteiger charge is -2.30. The van der Waals surface area contributed by atoms with Gasteiger partial charge in [0.1, 0.15) is 0 Å². The summed E-state index contributed by atoms with van der Waals surface area (Å²) in [6.07, 6.45) is 0.540. The first-order chi connectivity index (χ1) is 15.3. The van der Waals surface area contributed by atoms with Gasteiger partial charge in [0, 0.05) is 30.0 Å². The average Bonchev–Trinajstić information content (AvgIpc) is 2.85. The van der Waals surface area contributed by atoms with Gasteiger partial charge in [-0.15, -0.1) is 0 Å². The highest BCUT2D eigenvalue weighted by Gasteiger charge is 2.35. The summed E-state index contributed by atoms with van der Waals surface area (Å²) in [5.41, 5.74) is 4.09. The van der Waals surface area contributed by atoms with Crippen LogP contribution in [0.5, 0.6) is 0 Å². The minimum atomic E-state index is -1.01. The molecule has 1 atom stereocenters. The number of carbonyl (C=O) groups excluding carboxylic acids is 2. The van der Waals surface area contributed by atoms with Crippen molar-refractivity contribution in [3.63, 3.8) is 0 Å². The van der Waals surface area contributed by atoms with Crippen LogP contribution in [0.25, 0.3) is 0 Å². The fourth-order valence-electron chi connectivity index (χ4n) is 4.10. The molecule has 6 heteroatoms. The third-order valence-electron chi connectivity index (χ3n) is 5.90. The second-order valence-corrected chi connectivity index (χ2v) is 8.46. The molecular weight excluding hydrogens is 426 g/mol. The van der Waals surface area contributed by atoms with Crippen LogP contribution in [-0.4, -0.2) is 33.7 Å². The Kier molecular flexibility index (Phi) is 6.10. The highest BCUT2D eigenvalue weighted by molar-refractivity contribution is 6.30. The molecule has 1 aliphatic rings. The van der Waals surface area contributed by atoms with E-state index in [1.54, 1.807) is 35.2 Å². The Bertz CT molecular complexity index is 1200. The van der Waals surface area contributed by atoms with Crippen molar-refractivity contribution in [2.75, 3.05) is 0 Å². The molecule has 0 radical (unpaired) electrons. The molecule has 0 bridgehead atoms. The van der Waals surface area contributed by atoms with Crippen LogP contribution in [0.15, 0.2) is 66.7 Å². The zero-order chi connectivity index (χ0) is 22.8. The van der Waals surface area contributed by atoms with Crippen LogP contribution in [0, 0.1) is 6.92 Å². The number of rotatable bonds is 5. The number of hydrogen-bond acceptors (Lipinski definition) is 3. The van der Waals surface area contributed by atoms with Gasteiger partial charge in [0.05, 0.1) is 11.6 Å². The van der Waals surface area contributed by atoms with Crippen LogP contribution in [0.4, 0.5) is 0 Å². The van der Waals surface area contributed by atoms with Gasteiger partial charge < -0.3 is 10.0 Å². The number of Topliss-reactive ketones (excluding diaryl/α,β-unsaturated/α-hetero) is 1. The molecule has 0 aromatic heterocycles. The maximum atomic E-state index is 13.6. The molecule has 1 amide bonds. The molecule has 1 heterocycles. The number of nitrogens with zero attached hydrogens (tertiary/aromatic N) is 1. The van der Waals surface area contributed by atoms with Gasteiger partial charge in [-0.2, -0.15) is 0 Å². The molecule has 0 fully saturated rings. The topological polar surface area (TPSA) is 74.7 Å². The number of ketones is 1. The van der Waals surface area contributed by atoms with Crippen molar-refractivity contribution in [2.24, 2.45) is 0 Å². The van der Waals surface area contributed by atoms with Crippen molar-refractivity contribution in [3.05, 3.63) is 105 Å². The summed E-state index contributed by atoms with van der Waals surface area (Å²) in [6.45, 7) is 2.19. The van der Waals surface area contributed by atoms with Gasteiger partial charge >= 0.3 is 5.97 Å². The Morgan fingerprint density at radius 3 is 2.47 bits per heavy atom. The van der Waals surface area contributed by atoms with E-state index >= 15 is 0 Å². The zero-order valence-electron chi connectivity index (χ0n) is 17.5. The lowest BCUT2D eigenvalue weighted by molar-refractivity contribution is -0.122. The van der Waals surface area contributed by atoms with Crippen LogP contribution >= 0.6 is 11.6 Å². The summed E-state index contributed by atoms with van der Waals surface area (Å²) in [5.74, 6) is -1.30. The molecule has 1 aliphatic heterocycles. The van der Waals surface area contributed by atoms with E-state index in [9.17, 15) is 14.4 Å². The second kappa shape index (κ2) is 8.97. The SMILES string of the molecule is Cc1ccccc1C[C@@H]1C(=O)Cc2cc(Cl)ccc2C(=O)N1Cc1ccc(C(=O)O)cc1. The quantitative estimate of drug-likeness (QED) is 0.613. The molecule has 5 nitrogen and oxygen atoms in total. The number of aryl methyl sites for hydroxylation is 1. The van der Waals surface area contributed by atoms with E-state index < -0.39 is 12.0 Å². The van der Waals surface area contributed by atoms with Gasteiger partial charge in [-0.25, -0.2) is 4.79 Å². The Hall–Kier alpha value is -3.44. The summed E-state index contributed by atoms with van der Waals surface area (Å²) in [5, 5.41) is 9.64. The van der Waals surface area contributed by atoms with Crippen molar-refractivity contribution >= 4 is 29.3 Å². The number of amides is 1. The van der Waals surface area contributed by atoms with Gasteiger partial charge in [0.15, 0.2) is 5.78 Å². The molecular formula is C26H22ClNO4. The van der Waals surface area contributed by atoms with Gasteiger partial charge in [0.2, 0.25) is 0 Å². The number of carbonyl (C=O) groups is 3. The number of carboxylic acids is 1. The summed E-state index contributed by atoms with van der Waals surface area (Å²) in [7, 11) is 0. The largest absolute Gasteiger partial charge is 0.478 e. The van der Waals surface area contributed by atoms with Crippen molar-refractivity contribution in [1.82, 2.24) is 4.90 Å². The van der Waals surface area contributed by atoms with Crippen LogP contribution in [0.1, 0.15) is 43.0 Å². The van der Waals surface area contributed by atoms with Gasteiger partial charge in [-0.1, -0.05) is 48.0 Å². The lowest BCUT2D eigenvalue weighted by atomic mass is 9.95. The molecule has 3 aromatic rings. The highest BCUT2D eigenvalue weighted by Crippen LogP contribution is 2.27. The van der Waals surface area contributed by atoms with Gasteiger partial charge in [-0.05, 0) is 59.5 Å². The lowest BCUT2D eigenvalue weighted by Crippen LogP contribution is -2.44. The third kappa shape index (κ3) is 4.43. The van der Waals surface area contributed by atoms with E-state index in [0.717, 1.165) is 16.7 Å². The summed E-state index contributed by atoms with van der Waals surface area (Å²) < 4.78 is 0. The van der Waals surface area contributed by atoms with Crippen LogP contribution < -0.4 is 0 Å². The van der Waals surface area contributed by atoms with E-state index in [1.165, 1.54) is 12.1 Å². The fourth-order valence-corrected chi connectivity index (χ4v) is 4.29. The first-order valence-corrected chi connectivity index (χ1v) is 10.7. The number of benzene rings is 3. The second-order valence-electron chi connectivity index (χ2n) is 8.03. The Labute approximate surface area is 191 Å². The normalized spacial score (nSPS) is 15.9. The summed E-state index contributed by atoms with van der Waals surface area (Å²) in [6, 6.07) is 18.6. The standard InChI is InChI=1S/C26H22ClNO4/c1-16-4-2-3-5-19(16)13-23-24(29)14-20-12-21(27)10-11-22(20)25(30)28(23)15-17-6-8-18(9-7-17)26(31)32/h2-12,23H,13-15H2,1H3,(H,31,32)/t23-/m1/s1. The predicted molar refractivity (Wildman–Crippen MR) is 122 cm³/mol. The molecule has 0 spiro atoms. The fraction of sp³-hybridized carbons (Fsp3) is 0.192. The molecule has 1 N–H and O–H groups in total.